The number of ether oxygens (including phenoxy) is 1. The summed E-state index contributed by atoms with van der Waals surface area (Å²) in [5.74, 6) is 0.0731. The summed E-state index contributed by atoms with van der Waals surface area (Å²) in [7, 11) is 1.56. The maximum atomic E-state index is 14.2. The van der Waals surface area contributed by atoms with Crippen molar-refractivity contribution in [3.8, 4) is 23.2 Å². The average Bonchev–Trinajstić information content (AvgIpc) is 3.29. The third-order valence-electron chi connectivity index (χ3n) is 5.60. The normalized spacial score (nSPS) is 12.1. The fourth-order valence-corrected chi connectivity index (χ4v) is 3.52. The number of nitrogens with one attached hydrogen (secondary N) is 2. The maximum Gasteiger partial charge on any atom is 0.255 e. The molecular formula is C26H25FN6O3. The van der Waals surface area contributed by atoms with Gasteiger partial charge >= 0.3 is 0 Å². The molecule has 4 rings (SSSR count). The predicted molar refractivity (Wildman–Crippen MR) is 133 cm³/mol. The summed E-state index contributed by atoms with van der Waals surface area (Å²) < 4.78 is 21.2. The lowest BCUT2D eigenvalue weighted by molar-refractivity contribution is -0.00177. The zero-order valence-corrected chi connectivity index (χ0v) is 20.0. The van der Waals surface area contributed by atoms with E-state index < -0.39 is 17.7 Å². The third-order valence-corrected chi connectivity index (χ3v) is 5.60. The Labute approximate surface area is 207 Å². The second-order valence-corrected chi connectivity index (χ2v) is 8.71. The number of pyridine rings is 1. The minimum Gasteiger partial charge on any atom is -0.497 e. The van der Waals surface area contributed by atoms with Crippen LogP contribution in [0.25, 0.3) is 16.9 Å². The largest absolute Gasteiger partial charge is 0.497 e. The molecule has 0 bridgehead atoms. The van der Waals surface area contributed by atoms with Gasteiger partial charge in [0.2, 0.25) is 0 Å². The minimum atomic E-state index is -1.65. The van der Waals surface area contributed by atoms with E-state index in [1.165, 1.54) is 26.2 Å². The van der Waals surface area contributed by atoms with Gasteiger partial charge in [0.1, 0.15) is 18.0 Å². The number of aliphatic hydroxyl groups is 1. The maximum absolute atomic E-state index is 14.2. The van der Waals surface area contributed by atoms with Gasteiger partial charge < -0.3 is 20.5 Å². The number of benzene rings is 1. The molecular weight excluding hydrogens is 463 g/mol. The Morgan fingerprint density at radius 2 is 2.06 bits per heavy atom. The monoisotopic (exact) mass is 488 g/mol. The number of anilines is 2. The molecule has 36 heavy (non-hydrogen) atoms. The van der Waals surface area contributed by atoms with Crippen LogP contribution in [-0.4, -0.2) is 51.0 Å². The van der Waals surface area contributed by atoms with Gasteiger partial charge in [0.05, 0.1) is 59.2 Å². The molecule has 0 spiro atoms. The highest BCUT2D eigenvalue weighted by Crippen LogP contribution is 2.29. The van der Waals surface area contributed by atoms with Crippen LogP contribution < -0.4 is 15.4 Å². The summed E-state index contributed by atoms with van der Waals surface area (Å²) in [6.45, 7) is 2.31. The Morgan fingerprint density at radius 1 is 1.25 bits per heavy atom. The molecule has 9 nitrogen and oxygen atoms in total. The number of fused-ring (bicyclic) bond motifs is 1. The Hall–Kier alpha value is -4.49. The fraction of sp³-hybridized carbons (Fsp3) is 0.231. The van der Waals surface area contributed by atoms with Crippen molar-refractivity contribution < 1.29 is 19.0 Å². The van der Waals surface area contributed by atoms with E-state index in [0.717, 1.165) is 5.52 Å². The number of carbonyl (C=O) groups excluding carboxylic acids is 1. The number of nitrogens with zero attached hydrogens (tertiary/aromatic N) is 4. The number of alkyl halides is 1. The lowest BCUT2D eigenvalue weighted by Gasteiger charge is -2.22. The van der Waals surface area contributed by atoms with Gasteiger partial charge in [-0.25, -0.2) is 8.91 Å². The number of amides is 1. The number of hydrogen-bond donors (Lipinski definition) is 3. The first kappa shape index (κ1) is 24.6. The number of carbonyl (C=O) groups is 1. The van der Waals surface area contributed by atoms with Crippen molar-refractivity contribution in [2.24, 2.45) is 0 Å². The molecule has 0 aliphatic rings. The fourth-order valence-electron chi connectivity index (χ4n) is 3.52. The smallest absolute Gasteiger partial charge is 0.255 e. The summed E-state index contributed by atoms with van der Waals surface area (Å²) >= 11 is 0. The molecule has 3 aromatic heterocycles. The highest BCUT2D eigenvalue weighted by atomic mass is 19.1. The molecule has 1 atom stereocenters. The van der Waals surface area contributed by atoms with Gasteiger partial charge in [0.15, 0.2) is 0 Å². The molecule has 184 valence electrons. The van der Waals surface area contributed by atoms with Crippen molar-refractivity contribution in [3.05, 3.63) is 72.1 Å². The molecule has 1 amide bonds. The van der Waals surface area contributed by atoms with Crippen molar-refractivity contribution in [3.63, 3.8) is 0 Å². The van der Waals surface area contributed by atoms with Gasteiger partial charge in [0.25, 0.3) is 5.91 Å². The Kier molecular flexibility index (Phi) is 6.85. The quantitative estimate of drug-likeness (QED) is 0.344. The first-order valence-corrected chi connectivity index (χ1v) is 11.1. The lowest BCUT2D eigenvalue weighted by Crippen LogP contribution is -2.42. The van der Waals surface area contributed by atoms with Crippen LogP contribution in [0.4, 0.5) is 15.8 Å². The zero-order chi connectivity index (χ0) is 25.9. The molecule has 1 aromatic carbocycles. The molecule has 4 aromatic rings. The number of methoxy groups -OCH3 is 1. The third kappa shape index (κ3) is 5.26. The van der Waals surface area contributed by atoms with E-state index in [0.29, 0.717) is 34.1 Å². The van der Waals surface area contributed by atoms with E-state index in [9.17, 15) is 14.3 Å². The van der Waals surface area contributed by atoms with Crippen LogP contribution in [-0.2, 0) is 0 Å². The van der Waals surface area contributed by atoms with Crippen LogP contribution in [0.5, 0.6) is 5.75 Å². The van der Waals surface area contributed by atoms with Gasteiger partial charge in [-0.2, -0.15) is 10.4 Å². The van der Waals surface area contributed by atoms with E-state index in [-0.39, 0.29) is 12.1 Å². The van der Waals surface area contributed by atoms with Crippen LogP contribution in [0.3, 0.4) is 0 Å². The summed E-state index contributed by atoms with van der Waals surface area (Å²) in [5, 5.41) is 29.0. The first-order valence-electron chi connectivity index (χ1n) is 11.1. The predicted octanol–water partition coefficient (Wildman–Crippen LogP) is 3.86. The second-order valence-electron chi connectivity index (χ2n) is 8.71. The van der Waals surface area contributed by atoms with Gasteiger partial charge in [0, 0.05) is 18.0 Å². The highest BCUT2D eigenvalue weighted by molar-refractivity contribution is 6.00. The number of halogens is 1. The Bertz CT molecular complexity index is 1450. The van der Waals surface area contributed by atoms with Crippen molar-refractivity contribution >= 4 is 22.8 Å². The van der Waals surface area contributed by atoms with Gasteiger partial charge in [-0.3, -0.25) is 9.78 Å². The topological polar surface area (TPSA) is 125 Å². The summed E-state index contributed by atoms with van der Waals surface area (Å²) in [6, 6.07) is 16.3. The lowest BCUT2D eigenvalue weighted by atomic mass is 10.0. The van der Waals surface area contributed by atoms with Crippen molar-refractivity contribution in [1.29, 1.82) is 5.26 Å². The SMILES string of the molecule is COc1cccc(Nc2cc(-c3ccc4cc(C#N)cnn34)ncc2C(=O)NCC(F)C(C)(C)O)c1. The van der Waals surface area contributed by atoms with Gasteiger partial charge in [-0.15, -0.1) is 0 Å². The molecule has 10 heteroatoms. The molecule has 0 aliphatic carbocycles. The van der Waals surface area contributed by atoms with E-state index >= 15 is 0 Å². The molecule has 0 saturated carbocycles. The Balaban J connectivity index is 1.72. The summed E-state index contributed by atoms with van der Waals surface area (Å²) in [5.41, 5.74) is 2.01. The highest BCUT2D eigenvalue weighted by Gasteiger charge is 2.27. The molecule has 1 unspecified atom stereocenters. The molecule has 0 aliphatic heterocycles. The van der Waals surface area contributed by atoms with Crippen LogP contribution in [0.2, 0.25) is 0 Å². The van der Waals surface area contributed by atoms with Crippen LogP contribution in [0.1, 0.15) is 29.8 Å². The number of aromatic nitrogens is 3. The van der Waals surface area contributed by atoms with Gasteiger partial charge in [-0.05, 0) is 50.2 Å². The Morgan fingerprint density at radius 3 is 2.78 bits per heavy atom. The number of nitriles is 1. The average molecular weight is 489 g/mol. The zero-order valence-electron chi connectivity index (χ0n) is 20.0. The van der Waals surface area contributed by atoms with E-state index in [4.69, 9.17) is 10.00 Å². The first-order chi connectivity index (χ1) is 17.2. The molecule has 0 fully saturated rings. The van der Waals surface area contributed by atoms with Crippen molar-refractivity contribution in [1.82, 2.24) is 19.9 Å². The van der Waals surface area contributed by atoms with Crippen molar-refractivity contribution in [2.75, 3.05) is 19.0 Å². The standard InChI is InChI=1S/C26H25FN6O3/c1-26(2,35)24(27)15-30-25(34)20-14-29-22(11-21(20)32-17-5-4-6-19(10-17)36-3)23-8-7-18-9-16(12-28)13-31-33(18)23/h4-11,13-14,24,35H,15H2,1-3H3,(H,29,32)(H,30,34). The molecule has 0 saturated heterocycles. The van der Waals surface area contributed by atoms with Crippen LogP contribution >= 0.6 is 0 Å². The van der Waals surface area contributed by atoms with E-state index in [2.05, 4.69) is 26.8 Å². The van der Waals surface area contributed by atoms with Crippen LogP contribution in [0, 0.1) is 11.3 Å². The molecule has 3 N–H and O–H groups in total. The summed E-state index contributed by atoms with van der Waals surface area (Å²) in [4.78, 5) is 17.4. The molecule has 0 radical (unpaired) electrons. The minimum absolute atomic E-state index is 0.185. The number of hydrogen-bond acceptors (Lipinski definition) is 7. The van der Waals surface area contributed by atoms with E-state index in [1.807, 2.05) is 18.2 Å². The number of rotatable bonds is 8. The molecule has 3 heterocycles. The van der Waals surface area contributed by atoms with Crippen LogP contribution in [0.15, 0.2) is 60.9 Å². The summed E-state index contributed by atoms with van der Waals surface area (Å²) in [6.07, 6.45) is 1.21. The van der Waals surface area contributed by atoms with Crippen molar-refractivity contribution in [2.45, 2.75) is 25.6 Å². The second kappa shape index (κ2) is 10.0. The van der Waals surface area contributed by atoms with Gasteiger partial charge in [-0.1, -0.05) is 6.07 Å². The van der Waals surface area contributed by atoms with E-state index in [1.54, 1.807) is 42.0 Å².